The van der Waals surface area contributed by atoms with Crippen LogP contribution in [0.4, 0.5) is 22.0 Å². The molecule has 0 bridgehead atoms. The Morgan fingerprint density at radius 2 is 1.53 bits per heavy atom. The highest BCUT2D eigenvalue weighted by molar-refractivity contribution is 6.30. The Morgan fingerprint density at radius 1 is 0.912 bits per heavy atom. The van der Waals surface area contributed by atoms with Gasteiger partial charge < -0.3 is 14.2 Å². The summed E-state index contributed by atoms with van der Waals surface area (Å²) in [7, 11) is 0. The van der Waals surface area contributed by atoms with E-state index in [1.54, 1.807) is 24.3 Å². The normalized spacial score (nSPS) is 13.6. The summed E-state index contributed by atoms with van der Waals surface area (Å²) < 4.78 is 81.6. The molecule has 1 heterocycles. The quantitative estimate of drug-likeness (QED) is 0.114. The summed E-state index contributed by atoms with van der Waals surface area (Å²) >= 11 is 5.83. The first-order valence-electron chi connectivity index (χ1n) is 9.34. The highest BCUT2D eigenvalue weighted by Gasteiger charge is 2.29. The van der Waals surface area contributed by atoms with E-state index in [1.807, 2.05) is 0 Å². The zero-order chi connectivity index (χ0) is 24.6. The molecule has 0 unspecified atom stereocenters. The molecular formula is C23H10ClF5O5. The number of allylic oxidation sites excluding steroid dienone is 1. The first kappa shape index (κ1) is 23.2. The van der Waals surface area contributed by atoms with Crippen molar-refractivity contribution in [1.82, 2.24) is 0 Å². The maximum atomic E-state index is 13.6. The molecule has 0 spiro atoms. The van der Waals surface area contributed by atoms with Gasteiger partial charge in [0.05, 0.1) is 5.56 Å². The molecule has 0 fully saturated rings. The molecule has 3 aromatic rings. The van der Waals surface area contributed by atoms with Crippen molar-refractivity contribution in [3.8, 4) is 17.2 Å². The lowest BCUT2D eigenvalue weighted by molar-refractivity contribution is -0.136. The zero-order valence-corrected chi connectivity index (χ0v) is 17.4. The molecular weight excluding hydrogens is 487 g/mol. The minimum Gasteiger partial charge on any atom is -0.476 e. The molecule has 0 saturated carbocycles. The molecule has 0 aliphatic carbocycles. The molecule has 0 atom stereocenters. The van der Waals surface area contributed by atoms with Gasteiger partial charge in [-0.15, -0.1) is 0 Å². The molecule has 0 aromatic heterocycles. The molecule has 174 valence electrons. The number of hydrogen-bond acceptors (Lipinski definition) is 5. The lowest BCUT2D eigenvalue weighted by atomic mass is 10.1. The fraction of sp³-hybridized carbons (Fsp3) is 0.0435. The zero-order valence-electron chi connectivity index (χ0n) is 16.6. The third-order valence-corrected chi connectivity index (χ3v) is 4.80. The maximum Gasteiger partial charge on any atom is 0.349 e. The number of halogens is 6. The first-order valence-corrected chi connectivity index (χ1v) is 9.72. The van der Waals surface area contributed by atoms with Gasteiger partial charge in [0.25, 0.3) is 0 Å². The minimum atomic E-state index is -2.36. The van der Waals surface area contributed by atoms with E-state index in [4.69, 9.17) is 21.1 Å². The highest BCUT2D eigenvalue weighted by atomic mass is 35.5. The lowest BCUT2D eigenvalue weighted by Gasteiger charge is -2.10. The van der Waals surface area contributed by atoms with E-state index in [0.717, 1.165) is 0 Å². The van der Waals surface area contributed by atoms with Crippen molar-refractivity contribution in [2.24, 2.45) is 0 Å². The number of rotatable bonds is 5. The fourth-order valence-electron chi connectivity index (χ4n) is 2.94. The number of esters is 1. The Bertz CT molecular complexity index is 1330. The number of carbonyl (C=O) groups is 2. The summed E-state index contributed by atoms with van der Waals surface area (Å²) in [6, 6.07) is 10.4. The van der Waals surface area contributed by atoms with E-state index in [0.29, 0.717) is 10.6 Å². The van der Waals surface area contributed by atoms with Gasteiger partial charge in [-0.3, -0.25) is 4.79 Å². The Balaban J connectivity index is 1.45. The molecule has 34 heavy (non-hydrogen) atoms. The van der Waals surface area contributed by atoms with Crippen molar-refractivity contribution in [3.63, 3.8) is 0 Å². The molecule has 4 rings (SSSR count). The van der Waals surface area contributed by atoms with Gasteiger partial charge in [0.1, 0.15) is 11.5 Å². The fourth-order valence-corrected chi connectivity index (χ4v) is 3.07. The van der Waals surface area contributed by atoms with Gasteiger partial charge in [-0.25, -0.2) is 18.0 Å². The van der Waals surface area contributed by atoms with Crippen LogP contribution < -0.4 is 14.2 Å². The van der Waals surface area contributed by atoms with Crippen molar-refractivity contribution < 1.29 is 45.8 Å². The summed E-state index contributed by atoms with van der Waals surface area (Å²) in [4.78, 5) is 24.5. The largest absolute Gasteiger partial charge is 0.476 e. The van der Waals surface area contributed by atoms with Crippen LogP contribution in [0.3, 0.4) is 0 Å². The van der Waals surface area contributed by atoms with Gasteiger partial charge in [-0.05, 0) is 35.9 Å². The van der Waals surface area contributed by atoms with Gasteiger partial charge in [-0.1, -0.05) is 23.7 Å². The van der Waals surface area contributed by atoms with Crippen molar-refractivity contribution >= 4 is 29.4 Å². The molecule has 0 saturated heterocycles. The van der Waals surface area contributed by atoms with E-state index in [-0.39, 0.29) is 22.8 Å². The van der Waals surface area contributed by atoms with Crippen LogP contribution in [0.25, 0.3) is 6.08 Å². The van der Waals surface area contributed by atoms with Crippen LogP contribution in [-0.4, -0.2) is 18.4 Å². The smallest absolute Gasteiger partial charge is 0.349 e. The van der Waals surface area contributed by atoms with Gasteiger partial charge in [0.15, 0.2) is 18.1 Å². The number of fused-ring (bicyclic) bond motifs is 1. The standard InChI is InChI=1S/C23H10ClF5O5/c24-11-3-1-10(2-4-11)7-15-22(31)13-6-5-12(8-14(13)34-15)33-16(30)9-32-23-20(28)18(26)17(25)19(27)21(23)29/h1-8H,9H2/b15-7-. The summed E-state index contributed by atoms with van der Waals surface area (Å²) in [6.07, 6.45) is 1.49. The minimum absolute atomic E-state index is 0.00967. The summed E-state index contributed by atoms with van der Waals surface area (Å²) in [5.41, 5.74) is 0.843. The number of hydrogen-bond donors (Lipinski definition) is 0. The second-order valence-electron chi connectivity index (χ2n) is 6.81. The van der Waals surface area contributed by atoms with Crippen LogP contribution in [0.15, 0.2) is 48.2 Å². The summed E-state index contributed by atoms with van der Waals surface area (Å²) in [6.45, 7) is -1.17. The van der Waals surface area contributed by atoms with E-state index in [9.17, 15) is 31.5 Å². The van der Waals surface area contributed by atoms with Crippen molar-refractivity contribution in [1.29, 1.82) is 0 Å². The van der Waals surface area contributed by atoms with Crippen LogP contribution in [-0.2, 0) is 4.79 Å². The molecule has 1 aliphatic heterocycles. The molecule has 0 radical (unpaired) electrons. The predicted octanol–water partition coefficient (Wildman–Crippen LogP) is 5.64. The molecule has 11 heteroatoms. The van der Waals surface area contributed by atoms with Crippen LogP contribution in [0.1, 0.15) is 15.9 Å². The second kappa shape index (κ2) is 9.14. The monoisotopic (exact) mass is 496 g/mol. The van der Waals surface area contributed by atoms with Gasteiger partial charge in [0.2, 0.25) is 34.9 Å². The highest BCUT2D eigenvalue weighted by Crippen LogP contribution is 2.35. The van der Waals surface area contributed by atoms with Crippen LogP contribution in [0, 0.1) is 29.1 Å². The van der Waals surface area contributed by atoms with E-state index in [1.165, 1.54) is 24.3 Å². The third kappa shape index (κ3) is 4.44. The van der Waals surface area contributed by atoms with Crippen molar-refractivity contribution in [2.75, 3.05) is 6.61 Å². The number of benzene rings is 3. The Labute approximate surface area is 192 Å². The number of Topliss-reactive ketones (excluding diaryl/α,β-unsaturated/α-hetero) is 1. The number of carbonyl (C=O) groups excluding carboxylic acids is 2. The Morgan fingerprint density at radius 3 is 2.18 bits per heavy atom. The van der Waals surface area contributed by atoms with E-state index < -0.39 is 53.2 Å². The molecule has 5 nitrogen and oxygen atoms in total. The predicted molar refractivity (Wildman–Crippen MR) is 108 cm³/mol. The Hall–Kier alpha value is -3.92. The Kier molecular flexibility index (Phi) is 6.25. The molecule has 0 N–H and O–H groups in total. The number of ether oxygens (including phenoxy) is 3. The summed E-state index contributed by atoms with van der Waals surface area (Å²) in [5, 5.41) is 0.514. The van der Waals surface area contributed by atoms with Gasteiger partial charge in [-0.2, -0.15) is 8.78 Å². The van der Waals surface area contributed by atoms with Crippen LogP contribution in [0.2, 0.25) is 5.02 Å². The number of ketones is 1. The van der Waals surface area contributed by atoms with E-state index in [2.05, 4.69) is 4.74 Å². The van der Waals surface area contributed by atoms with Crippen molar-refractivity contribution in [3.05, 3.63) is 93.5 Å². The lowest BCUT2D eigenvalue weighted by Crippen LogP contribution is -2.19. The maximum absolute atomic E-state index is 13.6. The molecule has 3 aromatic carbocycles. The second-order valence-corrected chi connectivity index (χ2v) is 7.25. The molecule has 1 aliphatic rings. The average Bonchev–Trinajstić information content (AvgIpc) is 3.12. The third-order valence-electron chi connectivity index (χ3n) is 4.54. The summed E-state index contributed by atoms with van der Waals surface area (Å²) in [5.74, 6) is -14.5. The molecule has 0 amide bonds. The van der Waals surface area contributed by atoms with Gasteiger partial charge in [0, 0.05) is 11.1 Å². The first-order chi connectivity index (χ1) is 16.2. The van der Waals surface area contributed by atoms with Crippen LogP contribution in [0.5, 0.6) is 17.2 Å². The van der Waals surface area contributed by atoms with Crippen LogP contribution >= 0.6 is 11.6 Å². The van der Waals surface area contributed by atoms with E-state index >= 15 is 0 Å². The topological polar surface area (TPSA) is 61.8 Å². The SMILES string of the molecule is O=C(COc1c(F)c(F)c(F)c(F)c1F)Oc1ccc2c(c1)O/C(=C\c1ccc(Cl)cc1)C2=O. The average molecular weight is 497 g/mol. The van der Waals surface area contributed by atoms with Gasteiger partial charge >= 0.3 is 5.97 Å². The van der Waals surface area contributed by atoms with Crippen molar-refractivity contribution in [2.45, 2.75) is 0 Å².